The molecule has 0 aromatic heterocycles. The summed E-state index contributed by atoms with van der Waals surface area (Å²) < 4.78 is 0. The quantitative estimate of drug-likeness (QED) is 0.781. The summed E-state index contributed by atoms with van der Waals surface area (Å²) in [5, 5.41) is 3.03. The minimum absolute atomic E-state index is 0.0164. The number of rotatable bonds is 4. The van der Waals surface area contributed by atoms with Crippen molar-refractivity contribution in [1.82, 2.24) is 10.2 Å². The summed E-state index contributed by atoms with van der Waals surface area (Å²) in [6, 6.07) is 6.83. The Labute approximate surface area is 121 Å². The predicted octanol–water partition coefficient (Wildman–Crippen LogP) is 0.290. The Balaban J connectivity index is 2.59. The van der Waals surface area contributed by atoms with Gasteiger partial charge in [0.15, 0.2) is 0 Å². The van der Waals surface area contributed by atoms with Gasteiger partial charge in [0.25, 0.3) is 0 Å². The second-order valence-corrected chi connectivity index (χ2v) is 4.51. The van der Waals surface area contributed by atoms with Gasteiger partial charge in [0.1, 0.15) is 0 Å². The molecule has 1 aromatic carbocycles. The largest absolute Gasteiger partial charge is 0.344 e. The lowest BCUT2D eigenvalue weighted by Gasteiger charge is -2.17. The van der Waals surface area contributed by atoms with Gasteiger partial charge in [0, 0.05) is 31.6 Å². The monoisotopic (exact) mass is 297 g/mol. The number of hydrogen-bond donors (Lipinski definition) is 2. The summed E-state index contributed by atoms with van der Waals surface area (Å²) in [5.74, 6) is -2.26. The molecule has 1 rings (SSSR count). The van der Waals surface area contributed by atoms with Crippen molar-refractivity contribution in [3.63, 3.8) is 0 Å². The Morgan fingerprint density at radius 3 is 2.35 bits per heavy atom. The van der Waals surface area contributed by atoms with Gasteiger partial charge in [-0.2, -0.15) is 0 Å². The highest BCUT2D eigenvalue weighted by molar-refractivity contribution is 6.37. The maximum absolute atomic E-state index is 11.8. The smallest absolute Gasteiger partial charge is 0.318 e. The van der Waals surface area contributed by atoms with Crippen molar-refractivity contribution in [2.24, 2.45) is 5.73 Å². The fourth-order valence-electron chi connectivity index (χ4n) is 1.51. The van der Waals surface area contributed by atoms with Crippen molar-refractivity contribution in [3.8, 4) is 0 Å². The summed E-state index contributed by atoms with van der Waals surface area (Å²) in [5.41, 5.74) is 6.09. The average Bonchev–Trinajstić information content (AvgIpc) is 2.42. The van der Waals surface area contributed by atoms with Crippen LogP contribution in [-0.2, 0) is 20.9 Å². The van der Waals surface area contributed by atoms with Gasteiger partial charge < -0.3 is 11.1 Å². The first kappa shape index (κ1) is 16.1. The third kappa shape index (κ3) is 4.64. The molecular formula is C13H16ClN3O3. The molecule has 20 heavy (non-hydrogen) atoms. The first-order valence-corrected chi connectivity index (χ1v) is 6.38. The van der Waals surface area contributed by atoms with Gasteiger partial charge in [-0.05, 0) is 17.7 Å². The topological polar surface area (TPSA) is 92.5 Å². The van der Waals surface area contributed by atoms with E-state index in [9.17, 15) is 14.4 Å². The zero-order valence-electron chi connectivity index (χ0n) is 11.1. The minimum atomic E-state index is -0.906. The summed E-state index contributed by atoms with van der Waals surface area (Å²) in [4.78, 5) is 35.5. The zero-order chi connectivity index (χ0) is 15.1. The Morgan fingerprint density at radius 1 is 1.25 bits per heavy atom. The van der Waals surface area contributed by atoms with E-state index in [-0.39, 0.29) is 19.6 Å². The standard InChI is InChI=1S/C13H16ClN3O3/c1-9(18)17(7-6-15)13(20)12(19)16-8-10-2-4-11(14)5-3-10/h2-5H,6-8,15H2,1H3,(H,16,19). The second kappa shape index (κ2) is 7.62. The highest BCUT2D eigenvalue weighted by Gasteiger charge is 2.23. The molecule has 0 spiro atoms. The Kier molecular flexibility index (Phi) is 6.14. The molecule has 0 saturated heterocycles. The van der Waals surface area contributed by atoms with Gasteiger partial charge in [-0.1, -0.05) is 23.7 Å². The van der Waals surface area contributed by atoms with Crippen LogP contribution in [0, 0.1) is 0 Å². The van der Waals surface area contributed by atoms with Crippen LogP contribution < -0.4 is 11.1 Å². The second-order valence-electron chi connectivity index (χ2n) is 4.07. The maximum Gasteiger partial charge on any atom is 0.318 e. The molecule has 0 fully saturated rings. The van der Waals surface area contributed by atoms with Gasteiger partial charge in [-0.3, -0.25) is 19.3 Å². The highest BCUT2D eigenvalue weighted by Crippen LogP contribution is 2.09. The van der Waals surface area contributed by atoms with Crippen molar-refractivity contribution >= 4 is 29.3 Å². The molecule has 0 heterocycles. The van der Waals surface area contributed by atoms with Gasteiger partial charge in [0.05, 0.1) is 0 Å². The predicted molar refractivity (Wildman–Crippen MR) is 74.7 cm³/mol. The number of nitrogens with one attached hydrogen (secondary N) is 1. The first-order chi connectivity index (χ1) is 9.45. The molecule has 7 heteroatoms. The molecule has 0 atom stereocenters. The first-order valence-electron chi connectivity index (χ1n) is 6.00. The molecule has 108 valence electrons. The Morgan fingerprint density at radius 2 is 1.85 bits per heavy atom. The zero-order valence-corrected chi connectivity index (χ0v) is 11.8. The number of amides is 3. The van der Waals surface area contributed by atoms with Crippen LogP contribution in [0.15, 0.2) is 24.3 Å². The van der Waals surface area contributed by atoms with E-state index in [1.165, 1.54) is 6.92 Å². The molecule has 0 saturated carbocycles. The lowest BCUT2D eigenvalue weighted by Crippen LogP contribution is -2.46. The van der Waals surface area contributed by atoms with Crippen molar-refractivity contribution in [1.29, 1.82) is 0 Å². The average molecular weight is 298 g/mol. The summed E-state index contributed by atoms with van der Waals surface area (Å²) >= 11 is 5.74. The molecular weight excluding hydrogens is 282 g/mol. The van der Waals surface area contributed by atoms with E-state index in [0.29, 0.717) is 5.02 Å². The number of nitrogens with two attached hydrogens (primary N) is 1. The molecule has 0 aliphatic rings. The fraction of sp³-hybridized carbons (Fsp3) is 0.308. The minimum Gasteiger partial charge on any atom is -0.344 e. The van der Waals surface area contributed by atoms with Gasteiger partial charge >= 0.3 is 11.8 Å². The third-order valence-electron chi connectivity index (χ3n) is 2.54. The van der Waals surface area contributed by atoms with Gasteiger partial charge in [0.2, 0.25) is 5.91 Å². The molecule has 3 N–H and O–H groups in total. The van der Waals surface area contributed by atoms with Crippen LogP contribution in [0.2, 0.25) is 5.02 Å². The van der Waals surface area contributed by atoms with E-state index in [1.807, 2.05) is 0 Å². The molecule has 0 aliphatic carbocycles. The van der Waals surface area contributed by atoms with Crippen molar-refractivity contribution in [3.05, 3.63) is 34.9 Å². The van der Waals surface area contributed by atoms with Crippen LogP contribution >= 0.6 is 11.6 Å². The van der Waals surface area contributed by atoms with E-state index >= 15 is 0 Å². The summed E-state index contributed by atoms with van der Waals surface area (Å²) in [7, 11) is 0. The number of nitrogens with zero attached hydrogens (tertiary/aromatic N) is 1. The van der Waals surface area contributed by atoms with Gasteiger partial charge in [-0.15, -0.1) is 0 Å². The van der Waals surface area contributed by atoms with Crippen LogP contribution in [0.1, 0.15) is 12.5 Å². The number of carbonyl (C=O) groups excluding carboxylic acids is 3. The number of imide groups is 1. The van der Waals surface area contributed by atoms with Crippen LogP contribution in [-0.4, -0.2) is 35.7 Å². The number of benzene rings is 1. The SMILES string of the molecule is CC(=O)N(CCN)C(=O)C(=O)NCc1ccc(Cl)cc1. The van der Waals surface area contributed by atoms with E-state index < -0.39 is 17.7 Å². The van der Waals surface area contributed by atoms with Crippen LogP contribution in [0.5, 0.6) is 0 Å². The third-order valence-corrected chi connectivity index (χ3v) is 2.79. The fourth-order valence-corrected chi connectivity index (χ4v) is 1.64. The lowest BCUT2D eigenvalue weighted by molar-refractivity contribution is -0.151. The molecule has 0 unspecified atom stereocenters. The normalized spacial score (nSPS) is 9.95. The number of carbonyl (C=O) groups is 3. The lowest BCUT2D eigenvalue weighted by atomic mass is 10.2. The van der Waals surface area contributed by atoms with E-state index in [1.54, 1.807) is 24.3 Å². The van der Waals surface area contributed by atoms with E-state index in [0.717, 1.165) is 10.5 Å². The molecule has 0 bridgehead atoms. The Bertz CT molecular complexity index is 502. The molecule has 0 radical (unpaired) electrons. The molecule has 0 aliphatic heterocycles. The molecule has 1 aromatic rings. The Hall–Kier alpha value is -1.92. The summed E-state index contributed by atoms with van der Waals surface area (Å²) in [6.07, 6.45) is 0. The van der Waals surface area contributed by atoms with Crippen LogP contribution in [0.4, 0.5) is 0 Å². The van der Waals surface area contributed by atoms with Crippen molar-refractivity contribution in [2.75, 3.05) is 13.1 Å². The molecule has 3 amide bonds. The maximum atomic E-state index is 11.8. The number of halogens is 1. The van der Waals surface area contributed by atoms with Crippen LogP contribution in [0.25, 0.3) is 0 Å². The van der Waals surface area contributed by atoms with E-state index in [4.69, 9.17) is 17.3 Å². The molecule has 6 nitrogen and oxygen atoms in total. The summed E-state index contributed by atoms with van der Waals surface area (Å²) in [6.45, 7) is 1.51. The van der Waals surface area contributed by atoms with E-state index in [2.05, 4.69) is 5.32 Å². The van der Waals surface area contributed by atoms with Crippen molar-refractivity contribution < 1.29 is 14.4 Å². The highest BCUT2D eigenvalue weighted by atomic mass is 35.5. The number of hydrogen-bond acceptors (Lipinski definition) is 4. The van der Waals surface area contributed by atoms with Crippen LogP contribution in [0.3, 0.4) is 0 Å². The van der Waals surface area contributed by atoms with Crippen molar-refractivity contribution in [2.45, 2.75) is 13.5 Å². The van der Waals surface area contributed by atoms with Gasteiger partial charge in [-0.25, -0.2) is 0 Å².